The van der Waals surface area contributed by atoms with Crippen LogP contribution in [0.15, 0.2) is 142 Å². The molecule has 4 aromatic heterocycles. The highest BCUT2D eigenvalue weighted by Gasteiger charge is 2.20. The summed E-state index contributed by atoms with van der Waals surface area (Å²) in [6.45, 7) is 0. The van der Waals surface area contributed by atoms with Crippen LogP contribution < -0.4 is 4.90 Å². The third-order valence-electron chi connectivity index (χ3n) is 8.63. The number of furan rings is 2. The lowest BCUT2D eigenvalue weighted by Gasteiger charge is -2.24. The van der Waals surface area contributed by atoms with Gasteiger partial charge in [0.2, 0.25) is 0 Å². The van der Waals surface area contributed by atoms with Gasteiger partial charge in [-0.1, -0.05) is 60.7 Å². The van der Waals surface area contributed by atoms with Crippen molar-refractivity contribution in [2.24, 2.45) is 0 Å². The first kappa shape index (κ1) is 23.9. The third-order valence-corrected chi connectivity index (χ3v) is 9.79. The highest BCUT2D eigenvalue weighted by molar-refractivity contribution is 7.25. The fourth-order valence-electron chi connectivity index (χ4n) is 6.56. The van der Waals surface area contributed by atoms with Gasteiger partial charge in [-0.25, -0.2) is 4.98 Å². The van der Waals surface area contributed by atoms with Gasteiger partial charge in [0, 0.05) is 48.1 Å². The van der Waals surface area contributed by atoms with Gasteiger partial charge in [0.25, 0.3) is 0 Å². The lowest BCUT2D eigenvalue weighted by molar-refractivity contribution is 0.668. The van der Waals surface area contributed by atoms with Crippen molar-refractivity contribution in [1.82, 2.24) is 4.98 Å². The molecule has 10 aromatic rings. The van der Waals surface area contributed by atoms with Crippen molar-refractivity contribution in [3.63, 3.8) is 0 Å². The Labute approximate surface area is 255 Å². The maximum atomic E-state index is 6.33. The Hall–Kier alpha value is -5.65. The molecule has 0 atom stereocenters. The molecule has 0 aliphatic carbocycles. The first-order chi connectivity index (χ1) is 21.8. The van der Waals surface area contributed by atoms with E-state index in [2.05, 4.69) is 114 Å². The quantitative estimate of drug-likeness (QED) is 0.208. The lowest BCUT2D eigenvalue weighted by Crippen LogP contribution is -2.11. The summed E-state index contributed by atoms with van der Waals surface area (Å²) >= 11 is 1.82. The van der Waals surface area contributed by atoms with E-state index < -0.39 is 0 Å². The molecule has 0 radical (unpaired) electrons. The van der Waals surface area contributed by atoms with Gasteiger partial charge >= 0.3 is 0 Å². The molecular weight excluding hydrogens is 561 g/mol. The maximum absolute atomic E-state index is 6.33. The Kier molecular flexibility index (Phi) is 4.84. The lowest BCUT2D eigenvalue weighted by atomic mass is 10.1. The Morgan fingerprint density at radius 2 is 1.14 bits per heavy atom. The molecule has 44 heavy (non-hydrogen) atoms. The molecule has 0 spiro atoms. The number of aromatic nitrogens is 1. The minimum atomic E-state index is 0.769. The number of anilines is 3. The van der Waals surface area contributed by atoms with Crippen LogP contribution in [0.25, 0.3) is 75.0 Å². The van der Waals surface area contributed by atoms with Crippen molar-refractivity contribution in [2.75, 3.05) is 4.90 Å². The number of para-hydroxylation sites is 1. The van der Waals surface area contributed by atoms with E-state index in [1.165, 1.54) is 20.2 Å². The van der Waals surface area contributed by atoms with Gasteiger partial charge in [-0.05, 0) is 77.5 Å². The van der Waals surface area contributed by atoms with E-state index in [4.69, 9.17) is 13.8 Å². The Bertz CT molecular complexity index is 2750. The average Bonchev–Trinajstić information content (AvgIpc) is 3.74. The van der Waals surface area contributed by atoms with Crippen molar-refractivity contribution < 1.29 is 8.83 Å². The van der Waals surface area contributed by atoms with Crippen LogP contribution in [-0.4, -0.2) is 4.98 Å². The van der Waals surface area contributed by atoms with Crippen LogP contribution in [-0.2, 0) is 0 Å². The molecule has 0 saturated carbocycles. The monoisotopic (exact) mass is 582 g/mol. The van der Waals surface area contributed by atoms with E-state index >= 15 is 0 Å². The van der Waals surface area contributed by atoms with Crippen molar-refractivity contribution in [3.05, 3.63) is 133 Å². The molecule has 4 nitrogen and oxygen atoms in total. The van der Waals surface area contributed by atoms with Crippen LogP contribution in [0.2, 0.25) is 0 Å². The molecule has 6 aromatic carbocycles. The zero-order chi connectivity index (χ0) is 28.8. The number of nitrogens with zero attached hydrogens (tertiary/aromatic N) is 2. The second-order valence-electron chi connectivity index (χ2n) is 11.2. The number of rotatable bonds is 3. The smallest absolute Gasteiger partial charge is 0.154 e. The molecule has 0 unspecified atom stereocenters. The van der Waals surface area contributed by atoms with Gasteiger partial charge in [-0.15, -0.1) is 11.3 Å². The summed E-state index contributed by atoms with van der Waals surface area (Å²) < 4.78 is 15.2. The van der Waals surface area contributed by atoms with Gasteiger partial charge in [0.1, 0.15) is 28.1 Å². The molecule has 5 heteroatoms. The second kappa shape index (κ2) is 8.93. The molecule has 0 aliphatic heterocycles. The fraction of sp³-hybridized carbons (Fsp3) is 0. The minimum absolute atomic E-state index is 0.769. The normalized spacial score (nSPS) is 12.1. The second-order valence-corrected chi connectivity index (χ2v) is 12.3. The van der Waals surface area contributed by atoms with E-state index in [0.717, 1.165) is 72.0 Å². The van der Waals surface area contributed by atoms with Crippen molar-refractivity contribution in [2.45, 2.75) is 0 Å². The number of thiophene rings is 1. The standard InChI is InChI=1S/C39H22N2O2S/c1-2-8-24-20-34-31(19-23(24)7-1)39-33(43-34)16-18-38(40-39)41(25-14-17-37-30(21-25)29-10-4-6-12-36(29)44-37)26-13-15-28-27-9-3-5-11-32(27)42-35(28)22-26/h1-22H. The van der Waals surface area contributed by atoms with Gasteiger partial charge in [-0.2, -0.15) is 0 Å². The number of hydrogen-bond donors (Lipinski definition) is 0. The molecule has 0 saturated heterocycles. The number of benzene rings is 6. The summed E-state index contributed by atoms with van der Waals surface area (Å²) in [5, 5.41) is 8.03. The van der Waals surface area contributed by atoms with E-state index in [9.17, 15) is 0 Å². The van der Waals surface area contributed by atoms with Crippen LogP contribution >= 0.6 is 11.3 Å². The zero-order valence-corrected chi connectivity index (χ0v) is 24.1. The SMILES string of the molecule is c1ccc2cc3c(cc2c1)oc1ccc(N(c2ccc4c(c2)oc2ccccc24)c2ccc4sc5ccccc5c4c2)nc13. The zero-order valence-electron chi connectivity index (χ0n) is 23.3. The largest absolute Gasteiger partial charge is 0.456 e. The molecule has 0 amide bonds. The van der Waals surface area contributed by atoms with Crippen LogP contribution in [0.1, 0.15) is 0 Å². The van der Waals surface area contributed by atoms with Crippen LogP contribution in [0.3, 0.4) is 0 Å². The van der Waals surface area contributed by atoms with E-state index in [1.54, 1.807) is 0 Å². The van der Waals surface area contributed by atoms with Crippen molar-refractivity contribution >= 4 is 103 Å². The predicted molar refractivity (Wildman–Crippen MR) is 184 cm³/mol. The first-order valence-corrected chi connectivity index (χ1v) is 15.4. The van der Waals surface area contributed by atoms with Gasteiger partial charge in [-0.3, -0.25) is 4.90 Å². The van der Waals surface area contributed by atoms with E-state index in [1.807, 2.05) is 35.6 Å². The Morgan fingerprint density at radius 1 is 0.455 bits per heavy atom. The first-order valence-electron chi connectivity index (χ1n) is 14.6. The Balaban J connectivity index is 1.23. The van der Waals surface area contributed by atoms with E-state index in [0.29, 0.717) is 0 Å². The van der Waals surface area contributed by atoms with Gasteiger partial charge in [0.05, 0.1) is 5.69 Å². The van der Waals surface area contributed by atoms with Gasteiger partial charge in [0.15, 0.2) is 5.58 Å². The highest BCUT2D eigenvalue weighted by atomic mass is 32.1. The van der Waals surface area contributed by atoms with Crippen molar-refractivity contribution in [1.29, 1.82) is 0 Å². The summed E-state index contributed by atoms with van der Waals surface area (Å²) in [6.07, 6.45) is 0. The van der Waals surface area contributed by atoms with E-state index in [-0.39, 0.29) is 0 Å². The van der Waals surface area contributed by atoms with Crippen LogP contribution in [0.5, 0.6) is 0 Å². The molecule has 0 bridgehead atoms. The summed E-state index contributed by atoms with van der Waals surface area (Å²) in [5.41, 5.74) is 6.18. The molecule has 0 aliphatic rings. The topological polar surface area (TPSA) is 42.4 Å². The average molecular weight is 583 g/mol. The highest BCUT2D eigenvalue weighted by Crippen LogP contribution is 2.42. The number of fused-ring (bicyclic) bond motifs is 10. The molecule has 10 rings (SSSR count). The molecule has 0 fully saturated rings. The maximum Gasteiger partial charge on any atom is 0.154 e. The summed E-state index contributed by atoms with van der Waals surface area (Å²) in [5.74, 6) is 0.808. The molecular formula is C39H22N2O2S. The molecule has 206 valence electrons. The number of hydrogen-bond acceptors (Lipinski definition) is 5. The van der Waals surface area contributed by atoms with Gasteiger partial charge < -0.3 is 8.83 Å². The Morgan fingerprint density at radius 3 is 2.07 bits per heavy atom. The fourth-order valence-corrected chi connectivity index (χ4v) is 7.65. The van der Waals surface area contributed by atoms with Crippen molar-refractivity contribution in [3.8, 4) is 0 Å². The molecule has 4 heterocycles. The summed E-state index contributed by atoms with van der Waals surface area (Å²) in [4.78, 5) is 7.50. The van der Waals surface area contributed by atoms with Crippen LogP contribution in [0.4, 0.5) is 17.2 Å². The predicted octanol–water partition coefficient (Wildman–Crippen LogP) is 11.9. The summed E-state index contributed by atoms with van der Waals surface area (Å²) in [6, 6.07) is 46.7. The molecule has 0 N–H and O–H groups in total. The summed E-state index contributed by atoms with van der Waals surface area (Å²) in [7, 11) is 0. The minimum Gasteiger partial charge on any atom is -0.456 e. The van der Waals surface area contributed by atoms with Crippen LogP contribution in [0, 0.1) is 0 Å². The number of pyridine rings is 1. The third kappa shape index (κ3) is 3.47.